The molecule has 0 aromatic heterocycles. The van der Waals surface area contributed by atoms with Gasteiger partial charge in [-0.3, -0.25) is 9.69 Å². The molecule has 15 heavy (non-hydrogen) atoms. The van der Waals surface area contributed by atoms with Crippen LogP contribution in [0, 0.1) is 0 Å². The number of carbonyl (C=O) groups excluding carboxylic acids is 1. The highest BCUT2D eigenvalue weighted by Crippen LogP contribution is 2.15. The third kappa shape index (κ3) is 4.65. The summed E-state index contributed by atoms with van der Waals surface area (Å²) in [5.74, 6) is -0.0581. The molecule has 0 amide bonds. The van der Waals surface area contributed by atoms with E-state index in [1.54, 1.807) is 0 Å². The van der Waals surface area contributed by atoms with E-state index in [-0.39, 0.29) is 5.97 Å². The first kappa shape index (κ1) is 12.5. The molecule has 0 aliphatic carbocycles. The number of piperidine rings is 1. The molecular weight excluding hydrogens is 190 g/mol. The summed E-state index contributed by atoms with van der Waals surface area (Å²) in [7, 11) is 0. The van der Waals surface area contributed by atoms with Gasteiger partial charge in [-0.25, -0.2) is 0 Å². The summed E-state index contributed by atoms with van der Waals surface area (Å²) < 4.78 is 5.15. The van der Waals surface area contributed by atoms with Crippen LogP contribution in [0.15, 0.2) is 0 Å². The average Bonchev–Trinajstić information content (AvgIpc) is 2.22. The van der Waals surface area contributed by atoms with Crippen molar-refractivity contribution in [1.29, 1.82) is 0 Å². The zero-order valence-corrected chi connectivity index (χ0v) is 10.00. The van der Waals surface area contributed by atoms with Crippen molar-refractivity contribution in [2.45, 2.75) is 52.0 Å². The van der Waals surface area contributed by atoms with Crippen LogP contribution in [0.1, 0.15) is 46.0 Å². The number of ether oxygens (including phenoxy) is 1. The largest absolute Gasteiger partial charge is 0.465 e. The van der Waals surface area contributed by atoms with Crippen molar-refractivity contribution in [2.24, 2.45) is 0 Å². The first-order valence-corrected chi connectivity index (χ1v) is 6.13. The fraction of sp³-hybridized carbons (Fsp3) is 0.917. The summed E-state index contributed by atoms with van der Waals surface area (Å²) in [4.78, 5) is 13.7. The zero-order valence-electron chi connectivity index (χ0n) is 10.00. The SMILES string of the molecule is CCCCOC(=O)CN1CCCCC1C. The van der Waals surface area contributed by atoms with Gasteiger partial charge in [0.05, 0.1) is 13.2 Å². The molecule has 0 radical (unpaired) electrons. The molecule has 3 nitrogen and oxygen atoms in total. The molecule has 1 saturated heterocycles. The number of nitrogens with zero attached hydrogens (tertiary/aromatic N) is 1. The highest BCUT2D eigenvalue weighted by atomic mass is 16.5. The van der Waals surface area contributed by atoms with Crippen LogP contribution in [0.25, 0.3) is 0 Å². The Morgan fingerprint density at radius 2 is 2.27 bits per heavy atom. The first-order valence-electron chi connectivity index (χ1n) is 6.13. The summed E-state index contributed by atoms with van der Waals surface area (Å²) >= 11 is 0. The van der Waals surface area contributed by atoms with Gasteiger partial charge < -0.3 is 4.74 Å². The smallest absolute Gasteiger partial charge is 0.320 e. The van der Waals surface area contributed by atoms with Crippen molar-refractivity contribution in [2.75, 3.05) is 19.7 Å². The Kier molecular flexibility index (Phi) is 5.69. The van der Waals surface area contributed by atoms with E-state index in [4.69, 9.17) is 4.74 Å². The lowest BCUT2D eigenvalue weighted by Gasteiger charge is -2.32. The Hall–Kier alpha value is -0.570. The summed E-state index contributed by atoms with van der Waals surface area (Å²) in [5, 5.41) is 0. The molecule has 0 spiro atoms. The highest BCUT2D eigenvalue weighted by molar-refractivity contribution is 5.71. The maximum Gasteiger partial charge on any atom is 0.320 e. The molecule has 1 atom stereocenters. The lowest BCUT2D eigenvalue weighted by Crippen LogP contribution is -2.41. The minimum absolute atomic E-state index is 0.0581. The van der Waals surface area contributed by atoms with E-state index in [1.807, 2.05) is 0 Å². The van der Waals surface area contributed by atoms with Gasteiger partial charge in [0, 0.05) is 6.04 Å². The van der Waals surface area contributed by atoms with Gasteiger partial charge in [0.1, 0.15) is 0 Å². The van der Waals surface area contributed by atoms with Gasteiger partial charge in [-0.1, -0.05) is 19.8 Å². The van der Waals surface area contributed by atoms with Crippen LogP contribution in [-0.2, 0) is 9.53 Å². The van der Waals surface area contributed by atoms with Crippen molar-refractivity contribution < 1.29 is 9.53 Å². The van der Waals surface area contributed by atoms with E-state index in [1.165, 1.54) is 19.3 Å². The van der Waals surface area contributed by atoms with Crippen LogP contribution in [0.2, 0.25) is 0 Å². The second-order valence-electron chi connectivity index (χ2n) is 4.39. The summed E-state index contributed by atoms with van der Waals surface area (Å²) in [6, 6.07) is 0.539. The van der Waals surface area contributed by atoms with Gasteiger partial charge in [0.25, 0.3) is 0 Å². The predicted molar refractivity (Wildman–Crippen MR) is 60.8 cm³/mol. The first-order chi connectivity index (χ1) is 7.24. The molecule has 88 valence electrons. The van der Waals surface area contributed by atoms with Crippen molar-refractivity contribution >= 4 is 5.97 Å². The van der Waals surface area contributed by atoms with Crippen molar-refractivity contribution in [3.8, 4) is 0 Å². The molecule has 1 rings (SSSR count). The van der Waals surface area contributed by atoms with Crippen LogP contribution in [0.4, 0.5) is 0 Å². The zero-order chi connectivity index (χ0) is 11.1. The third-order valence-electron chi connectivity index (χ3n) is 3.03. The Morgan fingerprint density at radius 1 is 1.47 bits per heavy atom. The molecular formula is C12H23NO2. The lowest BCUT2D eigenvalue weighted by atomic mass is 10.0. The monoisotopic (exact) mass is 213 g/mol. The summed E-state index contributed by atoms with van der Waals surface area (Å²) in [6.45, 7) is 6.39. The topological polar surface area (TPSA) is 29.5 Å². The summed E-state index contributed by atoms with van der Waals surface area (Å²) in [5.41, 5.74) is 0. The molecule has 0 bridgehead atoms. The van der Waals surface area contributed by atoms with Gasteiger partial charge in [-0.2, -0.15) is 0 Å². The second-order valence-corrected chi connectivity index (χ2v) is 4.39. The highest BCUT2D eigenvalue weighted by Gasteiger charge is 2.20. The molecule has 1 aliphatic heterocycles. The minimum atomic E-state index is -0.0581. The lowest BCUT2D eigenvalue weighted by molar-refractivity contribution is -0.146. The molecule has 0 aromatic rings. The molecule has 1 heterocycles. The molecule has 3 heteroatoms. The van der Waals surface area contributed by atoms with Crippen LogP contribution in [-0.4, -0.2) is 36.6 Å². The Balaban J connectivity index is 2.18. The van der Waals surface area contributed by atoms with Crippen LogP contribution in [0.5, 0.6) is 0 Å². The number of hydrogen-bond acceptors (Lipinski definition) is 3. The molecule has 0 aromatic carbocycles. The van der Waals surface area contributed by atoms with Gasteiger partial charge >= 0.3 is 5.97 Å². The van der Waals surface area contributed by atoms with E-state index in [2.05, 4.69) is 18.7 Å². The van der Waals surface area contributed by atoms with Gasteiger partial charge in [-0.05, 0) is 32.7 Å². The number of hydrogen-bond donors (Lipinski definition) is 0. The van der Waals surface area contributed by atoms with Crippen LogP contribution >= 0.6 is 0 Å². The normalized spacial score (nSPS) is 22.7. The van der Waals surface area contributed by atoms with Crippen LogP contribution in [0.3, 0.4) is 0 Å². The van der Waals surface area contributed by atoms with Crippen LogP contribution < -0.4 is 0 Å². The average molecular weight is 213 g/mol. The minimum Gasteiger partial charge on any atom is -0.465 e. The molecule has 1 unspecified atom stereocenters. The fourth-order valence-corrected chi connectivity index (χ4v) is 1.93. The van der Waals surface area contributed by atoms with E-state index in [0.29, 0.717) is 19.2 Å². The number of likely N-dealkylation sites (tertiary alicyclic amines) is 1. The second kappa shape index (κ2) is 6.83. The predicted octanol–water partition coefficient (Wildman–Crippen LogP) is 2.20. The Morgan fingerprint density at radius 3 is 2.93 bits per heavy atom. The number of unbranched alkanes of at least 4 members (excludes halogenated alkanes) is 1. The quantitative estimate of drug-likeness (QED) is 0.518. The fourth-order valence-electron chi connectivity index (χ4n) is 1.93. The van der Waals surface area contributed by atoms with Gasteiger partial charge in [-0.15, -0.1) is 0 Å². The van der Waals surface area contributed by atoms with E-state index < -0.39 is 0 Å². The van der Waals surface area contributed by atoms with Crippen molar-refractivity contribution in [3.63, 3.8) is 0 Å². The summed E-state index contributed by atoms with van der Waals surface area (Å²) in [6.07, 6.45) is 5.77. The third-order valence-corrected chi connectivity index (χ3v) is 3.03. The molecule has 1 aliphatic rings. The number of rotatable bonds is 5. The molecule has 0 N–H and O–H groups in total. The number of carbonyl (C=O) groups is 1. The maximum absolute atomic E-state index is 11.5. The Bertz CT molecular complexity index is 194. The molecule has 1 fully saturated rings. The van der Waals surface area contributed by atoms with E-state index >= 15 is 0 Å². The molecule has 0 saturated carbocycles. The van der Waals surface area contributed by atoms with Crippen molar-refractivity contribution in [3.05, 3.63) is 0 Å². The number of esters is 1. The van der Waals surface area contributed by atoms with Gasteiger partial charge in [0.2, 0.25) is 0 Å². The Labute approximate surface area is 92.8 Å². The van der Waals surface area contributed by atoms with Crippen molar-refractivity contribution in [1.82, 2.24) is 4.90 Å². The van der Waals surface area contributed by atoms with E-state index in [9.17, 15) is 4.79 Å². The van der Waals surface area contributed by atoms with Gasteiger partial charge in [0.15, 0.2) is 0 Å². The standard InChI is InChI=1S/C12H23NO2/c1-3-4-9-15-12(14)10-13-8-6-5-7-11(13)2/h11H,3-10H2,1-2H3. The van der Waals surface area contributed by atoms with E-state index in [0.717, 1.165) is 19.4 Å². The maximum atomic E-state index is 11.5.